The lowest BCUT2D eigenvalue weighted by Crippen LogP contribution is -2.43. The summed E-state index contributed by atoms with van der Waals surface area (Å²) < 4.78 is 7.71. The number of hydrogen-bond donors (Lipinski definition) is 1. The molecule has 1 fully saturated rings. The van der Waals surface area contributed by atoms with Gasteiger partial charge in [-0.15, -0.1) is 0 Å². The molecule has 25 heavy (non-hydrogen) atoms. The fourth-order valence-corrected chi connectivity index (χ4v) is 3.86. The van der Waals surface area contributed by atoms with Gasteiger partial charge in [-0.05, 0) is 37.8 Å². The Labute approximate surface area is 148 Å². The van der Waals surface area contributed by atoms with Crippen LogP contribution in [0.2, 0.25) is 0 Å². The molecular formula is C19H26N4O2. The summed E-state index contributed by atoms with van der Waals surface area (Å²) in [5.41, 5.74) is 2.05. The van der Waals surface area contributed by atoms with Crippen LogP contribution in [-0.4, -0.2) is 33.4 Å². The standard InChI is InChI=1S/C19H26N4O2/c1-13-6-7-15(25-13)9-23-10-16(18-17(11-23)21-12-22(18)2)19(24)20-8-14-4-3-5-14/h6-7,12,14,16H,3-5,8-11H2,1-2H3,(H,20,24)/t16-/m0/s1. The molecule has 1 amide bonds. The van der Waals surface area contributed by atoms with Gasteiger partial charge in [0.15, 0.2) is 0 Å². The summed E-state index contributed by atoms with van der Waals surface area (Å²) in [7, 11) is 1.98. The minimum atomic E-state index is -0.174. The molecule has 4 rings (SSSR count). The quantitative estimate of drug-likeness (QED) is 0.906. The average Bonchev–Trinajstić information content (AvgIpc) is 3.11. The summed E-state index contributed by atoms with van der Waals surface area (Å²) >= 11 is 0. The van der Waals surface area contributed by atoms with Crippen LogP contribution in [0.25, 0.3) is 0 Å². The van der Waals surface area contributed by atoms with Crippen molar-refractivity contribution < 1.29 is 9.21 Å². The zero-order valence-electron chi connectivity index (χ0n) is 15.0. The fourth-order valence-electron chi connectivity index (χ4n) is 3.86. The molecular weight excluding hydrogens is 316 g/mol. The summed E-state index contributed by atoms with van der Waals surface area (Å²) in [6.07, 6.45) is 5.60. The first-order valence-corrected chi connectivity index (χ1v) is 9.15. The highest BCUT2D eigenvalue weighted by Crippen LogP contribution is 2.30. The highest BCUT2D eigenvalue weighted by molar-refractivity contribution is 5.84. The summed E-state index contributed by atoms with van der Waals surface area (Å²) in [6.45, 7) is 4.91. The van der Waals surface area contributed by atoms with Crippen LogP contribution in [0.4, 0.5) is 0 Å². The van der Waals surface area contributed by atoms with Crippen molar-refractivity contribution in [1.29, 1.82) is 0 Å². The van der Waals surface area contributed by atoms with Crippen molar-refractivity contribution >= 4 is 5.91 Å². The van der Waals surface area contributed by atoms with Crippen LogP contribution in [-0.2, 0) is 24.9 Å². The molecule has 2 aromatic rings. The fraction of sp³-hybridized carbons (Fsp3) is 0.579. The topological polar surface area (TPSA) is 63.3 Å². The molecule has 1 aliphatic carbocycles. The van der Waals surface area contributed by atoms with E-state index in [1.807, 2.05) is 37.0 Å². The van der Waals surface area contributed by atoms with E-state index >= 15 is 0 Å². The predicted octanol–water partition coefficient (Wildman–Crippen LogP) is 2.34. The van der Waals surface area contributed by atoms with E-state index in [1.54, 1.807) is 0 Å². The van der Waals surface area contributed by atoms with Crippen molar-refractivity contribution in [3.8, 4) is 0 Å². The van der Waals surface area contributed by atoms with E-state index in [-0.39, 0.29) is 11.8 Å². The lowest BCUT2D eigenvalue weighted by molar-refractivity contribution is -0.123. The van der Waals surface area contributed by atoms with Gasteiger partial charge < -0.3 is 14.3 Å². The van der Waals surface area contributed by atoms with Crippen LogP contribution in [0.1, 0.15) is 48.1 Å². The Hall–Kier alpha value is -2.08. The van der Waals surface area contributed by atoms with E-state index in [2.05, 4.69) is 15.2 Å². The van der Waals surface area contributed by atoms with Crippen molar-refractivity contribution in [2.24, 2.45) is 13.0 Å². The van der Waals surface area contributed by atoms with Gasteiger partial charge in [-0.25, -0.2) is 4.98 Å². The first kappa shape index (κ1) is 16.4. The van der Waals surface area contributed by atoms with Gasteiger partial charge in [0.05, 0.1) is 30.2 Å². The van der Waals surface area contributed by atoms with Gasteiger partial charge >= 0.3 is 0 Å². The molecule has 1 N–H and O–H groups in total. The van der Waals surface area contributed by atoms with Gasteiger partial charge in [-0.3, -0.25) is 9.69 Å². The Morgan fingerprint density at radius 2 is 2.24 bits per heavy atom. The molecule has 1 saturated carbocycles. The van der Waals surface area contributed by atoms with E-state index in [0.717, 1.165) is 36.0 Å². The third kappa shape index (κ3) is 3.35. The summed E-state index contributed by atoms with van der Waals surface area (Å²) in [6, 6.07) is 3.99. The Bertz CT molecular complexity index is 759. The minimum absolute atomic E-state index is 0.122. The van der Waals surface area contributed by atoms with E-state index in [4.69, 9.17) is 4.42 Å². The number of nitrogens with zero attached hydrogens (tertiary/aromatic N) is 3. The van der Waals surface area contributed by atoms with E-state index in [9.17, 15) is 4.79 Å². The summed E-state index contributed by atoms with van der Waals surface area (Å²) in [5.74, 6) is 2.47. The molecule has 2 aliphatic rings. The van der Waals surface area contributed by atoms with Gasteiger partial charge in [0, 0.05) is 26.7 Å². The molecule has 1 atom stereocenters. The second-order valence-corrected chi connectivity index (χ2v) is 7.46. The van der Waals surface area contributed by atoms with Gasteiger partial charge in [-0.1, -0.05) is 6.42 Å². The zero-order chi connectivity index (χ0) is 17.4. The maximum Gasteiger partial charge on any atom is 0.230 e. The Balaban J connectivity index is 1.49. The Morgan fingerprint density at radius 3 is 2.92 bits per heavy atom. The molecule has 1 aliphatic heterocycles. The first-order valence-electron chi connectivity index (χ1n) is 9.15. The molecule has 0 bridgehead atoms. The normalized spacial score (nSPS) is 21.0. The number of imidazole rings is 1. The molecule has 134 valence electrons. The number of aryl methyl sites for hydroxylation is 2. The smallest absolute Gasteiger partial charge is 0.230 e. The molecule has 0 spiro atoms. The van der Waals surface area contributed by atoms with Gasteiger partial charge in [0.1, 0.15) is 11.5 Å². The number of amides is 1. The van der Waals surface area contributed by atoms with Crippen LogP contribution < -0.4 is 5.32 Å². The van der Waals surface area contributed by atoms with Gasteiger partial charge in [0.2, 0.25) is 5.91 Å². The number of nitrogens with one attached hydrogen (secondary N) is 1. The highest BCUT2D eigenvalue weighted by Gasteiger charge is 2.34. The molecule has 6 heteroatoms. The van der Waals surface area contributed by atoms with Gasteiger partial charge in [0.25, 0.3) is 0 Å². The molecule has 0 radical (unpaired) electrons. The van der Waals surface area contributed by atoms with Crippen molar-refractivity contribution in [2.75, 3.05) is 13.1 Å². The maximum absolute atomic E-state index is 12.9. The Kier molecular flexibility index (Phi) is 4.37. The van der Waals surface area contributed by atoms with E-state index < -0.39 is 0 Å². The third-order valence-corrected chi connectivity index (χ3v) is 5.49. The van der Waals surface area contributed by atoms with Crippen molar-refractivity contribution in [2.45, 2.75) is 45.2 Å². The van der Waals surface area contributed by atoms with Crippen molar-refractivity contribution in [3.05, 3.63) is 41.4 Å². The number of rotatable bonds is 5. The first-order chi connectivity index (χ1) is 12.1. The van der Waals surface area contributed by atoms with Crippen LogP contribution in [0, 0.1) is 12.8 Å². The second-order valence-electron chi connectivity index (χ2n) is 7.46. The van der Waals surface area contributed by atoms with Crippen LogP contribution in [0.15, 0.2) is 22.9 Å². The Morgan fingerprint density at radius 1 is 1.40 bits per heavy atom. The summed E-state index contributed by atoms with van der Waals surface area (Å²) in [5, 5.41) is 3.17. The number of hydrogen-bond acceptors (Lipinski definition) is 4. The largest absolute Gasteiger partial charge is 0.465 e. The highest BCUT2D eigenvalue weighted by atomic mass is 16.3. The number of fused-ring (bicyclic) bond motifs is 1. The number of aromatic nitrogens is 2. The van der Waals surface area contributed by atoms with Crippen molar-refractivity contribution in [3.63, 3.8) is 0 Å². The second kappa shape index (κ2) is 6.67. The molecule has 3 heterocycles. The molecule has 0 saturated heterocycles. The maximum atomic E-state index is 12.9. The monoisotopic (exact) mass is 342 g/mol. The van der Waals surface area contributed by atoms with Crippen molar-refractivity contribution in [1.82, 2.24) is 19.8 Å². The van der Waals surface area contributed by atoms with Crippen LogP contribution >= 0.6 is 0 Å². The van der Waals surface area contributed by atoms with Crippen LogP contribution in [0.5, 0.6) is 0 Å². The molecule has 6 nitrogen and oxygen atoms in total. The predicted molar refractivity (Wildman–Crippen MR) is 93.9 cm³/mol. The molecule has 2 aromatic heterocycles. The zero-order valence-corrected chi connectivity index (χ0v) is 15.0. The lowest BCUT2D eigenvalue weighted by atomic mass is 9.85. The molecule has 0 aromatic carbocycles. The van der Waals surface area contributed by atoms with Crippen LogP contribution in [0.3, 0.4) is 0 Å². The summed E-state index contributed by atoms with van der Waals surface area (Å²) in [4.78, 5) is 19.6. The molecule has 0 unspecified atom stereocenters. The van der Waals surface area contributed by atoms with E-state index in [0.29, 0.717) is 19.0 Å². The van der Waals surface area contributed by atoms with E-state index in [1.165, 1.54) is 19.3 Å². The number of carbonyl (C=O) groups excluding carboxylic acids is 1. The number of furan rings is 1. The SMILES string of the molecule is Cc1ccc(CN2Cc3ncn(C)c3[C@@H](C(=O)NCC3CCC3)C2)o1. The van der Waals surface area contributed by atoms with Gasteiger partial charge in [-0.2, -0.15) is 0 Å². The minimum Gasteiger partial charge on any atom is -0.465 e. The lowest BCUT2D eigenvalue weighted by Gasteiger charge is -2.32. The third-order valence-electron chi connectivity index (χ3n) is 5.49. The number of carbonyl (C=O) groups is 1. The average molecular weight is 342 g/mol.